The second kappa shape index (κ2) is 17.2. The second-order valence-electron chi connectivity index (χ2n) is 17.0. The molecule has 0 radical (unpaired) electrons. The lowest BCUT2D eigenvalue weighted by molar-refractivity contribution is -0.247. The van der Waals surface area contributed by atoms with E-state index in [4.69, 9.17) is 24.7 Å². The first kappa shape index (κ1) is 45.8. The standard InChI is InChI=1S/C45H53N3O14/c1-9-29(49)47-21(4)42(56)62-27-14-19(2)13-20(3)36(27)44(6,7)18-30(50)48-43(57)45(58)16-24-33(28(17-45)61-31-15-25(46)37(51)22(5)60-31)41(55)35-34(39(24)53)38(52)23-11-10-12-26(59-8)32(23)40(35)54/h10-14,21-22,25,28,31,37,51,53,55,58H,9,15-18,46H2,1-8H3,(H,47,49)(H,48,50,57)/t21?,22?,25?,28-,31?,37?,45-/m0/s1. The number of phenols is 2. The Hall–Kier alpha value is -5.72. The molecule has 1 heterocycles. The Balaban J connectivity index is 1.33. The monoisotopic (exact) mass is 859 g/mol. The van der Waals surface area contributed by atoms with E-state index in [-0.39, 0.29) is 58.9 Å². The van der Waals surface area contributed by atoms with Crippen molar-refractivity contribution in [2.75, 3.05) is 7.11 Å². The van der Waals surface area contributed by atoms with E-state index in [0.717, 1.165) is 5.56 Å². The maximum absolute atomic E-state index is 14.2. The van der Waals surface area contributed by atoms with Crippen LogP contribution >= 0.6 is 0 Å². The number of aromatic hydroxyl groups is 2. The van der Waals surface area contributed by atoms with Crippen LogP contribution in [0.2, 0.25) is 0 Å². The molecular formula is C45H53N3O14. The van der Waals surface area contributed by atoms with E-state index >= 15 is 0 Å². The number of esters is 1. The molecule has 1 fully saturated rings. The van der Waals surface area contributed by atoms with Gasteiger partial charge in [0.1, 0.15) is 29.0 Å². The summed E-state index contributed by atoms with van der Waals surface area (Å²) in [5, 5.41) is 51.3. The summed E-state index contributed by atoms with van der Waals surface area (Å²) < 4.78 is 23.2. The fourth-order valence-electron chi connectivity index (χ4n) is 8.82. The summed E-state index contributed by atoms with van der Waals surface area (Å²) in [7, 11) is 1.30. The Kier molecular flexibility index (Phi) is 12.7. The van der Waals surface area contributed by atoms with Crippen molar-refractivity contribution in [1.29, 1.82) is 0 Å². The lowest BCUT2D eigenvalue weighted by Gasteiger charge is -2.42. The van der Waals surface area contributed by atoms with Gasteiger partial charge in [0, 0.05) is 65.8 Å². The summed E-state index contributed by atoms with van der Waals surface area (Å²) in [5.74, 6) is -6.13. The van der Waals surface area contributed by atoms with Crippen LogP contribution in [0.3, 0.4) is 0 Å². The topological polar surface area (TPSA) is 270 Å². The maximum atomic E-state index is 14.2. The van der Waals surface area contributed by atoms with Gasteiger partial charge in [-0.3, -0.25) is 29.3 Å². The molecule has 1 aliphatic heterocycles. The number of carbonyl (C=O) groups is 6. The smallest absolute Gasteiger partial charge is 0.333 e. The van der Waals surface area contributed by atoms with Gasteiger partial charge in [-0.15, -0.1) is 0 Å². The molecule has 3 aromatic rings. The van der Waals surface area contributed by atoms with Gasteiger partial charge in [0.05, 0.1) is 42.1 Å². The Labute approximate surface area is 357 Å². The summed E-state index contributed by atoms with van der Waals surface area (Å²) in [6.45, 7) is 11.7. The third-order valence-corrected chi connectivity index (χ3v) is 11.8. The van der Waals surface area contributed by atoms with Crippen molar-refractivity contribution >= 4 is 35.3 Å². The molecule has 2 aliphatic carbocycles. The van der Waals surface area contributed by atoms with Crippen molar-refractivity contribution in [1.82, 2.24) is 10.6 Å². The molecule has 0 aromatic heterocycles. The fraction of sp³-hybridized carbons (Fsp3) is 0.467. The normalized spacial score (nSPS) is 23.6. The molecule has 0 spiro atoms. The zero-order valence-electron chi connectivity index (χ0n) is 35.8. The average molecular weight is 860 g/mol. The Morgan fingerprint density at radius 1 is 1.02 bits per heavy atom. The highest BCUT2D eigenvalue weighted by Gasteiger charge is 2.51. The SMILES string of the molecule is CCC(=O)NC(C)C(=O)Oc1cc(C)cc(C)c1C(C)(C)CC(=O)NC(=O)[C@]1(O)Cc2c(O)c3c(c(O)c2[C@@H](OC2CC(N)C(O)C(C)O2)C1)C(=O)c1c(OC)cccc1C3=O. The molecule has 62 heavy (non-hydrogen) atoms. The first-order chi connectivity index (χ1) is 29.0. The molecule has 332 valence electrons. The molecule has 8 N–H and O–H groups in total. The third-order valence-electron chi connectivity index (χ3n) is 11.8. The predicted molar refractivity (Wildman–Crippen MR) is 220 cm³/mol. The van der Waals surface area contributed by atoms with E-state index < -0.39 is 113 Å². The number of ketones is 2. The zero-order valence-corrected chi connectivity index (χ0v) is 35.8. The van der Waals surface area contributed by atoms with Crippen molar-refractivity contribution in [2.45, 2.75) is 128 Å². The fourth-order valence-corrected chi connectivity index (χ4v) is 8.82. The molecule has 0 saturated carbocycles. The van der Waals surface area contributed by atoms with Crippen LogP contribution in [-0.4, -0.2) is 99.0 Å². The number of methoxy groups -OCH3 is 1. The maximum Gasteiger partial charge on any atom is 0.333 e. The second-order valence-corrected chi connectivity index (χ2v) is 17.0. The third kappa shape index (κ3) is 8.42. The molecule has 7 atom stereocenters. The van der Waals surface area contributed by atoms with E-state index in [1.807, 2.05) is 6.07 Å². The average Bonchev–Trinajstić information content (AvgIpc) is 3.18. The number of nitrogens with two attached hydrogens (primary N) is 1. The number of aliphatic hydroxyl groups is 2. The minimum Gasteiger partial charge on any atom is -0.507 e. The van der Waals surface area contributed by atoms with E-state index in [9.17, 15) is 49.2 Å². The number of phenolic OH excluding ortho intramolecular Hbond substituents is 2. The Bertz CT molecular complexity index is 2360. The van der Waals surface area contributed by atoms with Gasteiger partial charge in [0.25, 0.3) is 5.91 Å². The van der Waals surface area contributed by atoms with E-state index in [1.165, 1.54) is 32.2 Å². The van der Waals surface area contributed by atoms with E-state index in [0.29, 0.717) is 11.1 Å². The van der Waals surface area contributed by atoms with Gasteiger partial charge in [-0.25, -0.2) is 4.79 Å². The quantitative estimate of drug-likeness (QED) is 0.0649. The number of benzene rings is 3. The van der Waals surface area contributed by atoms with Crippen LogP contribution in [0.5, 0.6) is 23.0 Å². The summed E-state index contributed by atoms with van der Waals surface area (Å²) in [6, 6.07) is 5.96. The number of nitrogens with one attached hydrogen (secondary N) is 2. The molecule has 5 unspecified atom stereocenters. The first-order valence-electron chi connectivity index (χ1n) is 20.3. The number of aliphatic hydroxyl groups excluding tert-OH is 1. The highest BCUT2D eigenvalue weighted by Crippen LogP contribution is 2.52. The van der Waals surface area contributed by atoms with Crippen molar-refractivity contribution in [2.24, 2.45) is 5.73 Å². The molecule has 3 aliphatic rings. The number of amides is 3. The highest BCUT2D eigenvalue weighted by molar-refractivity contribution is 6.31. The molecule has 17 heteroatoms. The lowest BCUT2D eigenvalue weighted by Crippen LogP contribution is -2.55. The molecule has 0 bridgehead atoms. The van der Waals surface area contributed by atoms with Crippen LogP contribution in [0.25, 0.3) is 0 Å². The van der Waals surface area contributed by atoms with Crippen LogP contribution in [0.1, 0.15) is 126 Å². The first-order valence-corrected chi connectivity index (χ1v) is 20.3. The van der Waals surface area contributed by atoms with Gasteiger partial charge < -0.3 is 50.4 Å². The van der Waals surface area contributed by atoms with Crippen LogP contribution in [0.15, 0.2) is 30.3 Å². The van der Waals surface area contributed by atoms with Crippen molar-refractivity contribution in [3.05, 3.63) is 80.4 Å². The van der Waals surface area contributed by atoms with Gasteiger partial charge in [0.2, 0.25) is 17.6 Å². The van der Waals surface area contributed by atoms with E-state index in [2.05, 4.69) is 10.6 Å². The summed E-state index contributed by atoms with van der Waals surface area (Å²) >= 11 is 0. The summed E-state index contributed by atoms with van der Waals surface area (Å²) in [5.41, 5.74) is 2.56. The van der Waals surface area contributed by atoms with Crippen molar-refractivity contribution < 1.29 is 68.1 Å². The van der Waals surface area contributed by atoms with Crippen molar-refractivity contribution in [3.63, 3.8) is 0 Å². The molecule has 1 saturated heterocycles. The largest absolute Gasteiger partial charge is 0.507 e. The molecule has 17 nitrogen and oxygen atoms in total. The summed E-state index contributed by atoms with van der Waals surface area (Å²) in [6.07, 6.45) is -6.25. The molecule has 3 aromatic carbocycles. The lowest BCUT2D eigenvalue weighted by atomic mass is 9.72. The van der Waals surface area contributed by atoms with Gasteiger partial charge >= 0.3 is 5.97 Å². The number of aryl methyl sites for hydroxylation is 2. The molecule has 6 rings (SSSR count). The Morgan fingerprint density at radius 2 is 1.69 bits per heavy atom. The molecular weight excluding hydrogens is 807 g/mol. The number of imide groups is 1. The van der Waals surface area contributed by atoms with Crippen LogP contribution in [0.4, 0.5) is 0 Å². The minimum atomic E-state index is -2.54. The van der Waals surface area contributed by atoms with Crippen molar-refractivity contribution in [3.8, 4) is 23.0 Å². The number of carbonyl (C=O) groups excluding carboxylic acids is 6. The van der Waals surface area contributed by atoms with Gasteiger partial charge in [-0.2, -0.15) is 0 Å². The van der Waals surface area contributed by atoms with E-state index in [1.54, 1.807) is 47.6 Å². The van der Waals surface area contributed by atoms with Gasteiger partial charge in [0.15, 0.2) is 17.7 Å². The zero-order chi connectivity index (χ0) is 45.7. The van der Waals surface area contributed by atoms with Crippen LogP contribution < -0.4 is 25.8 Å². The number of fused-ring (bicyclic) bond motifs is 3. The summed E-state index contributed by atoms with van der Waals surface area (Å²) in [4.78, 5) is 81.1. The highest BCUT2D eigenvalue weighted by atomic mass is 16.7. The number of hydrogen-bond acceptors (Lipinski definition) is 15. The number of hydrogen-bond donors (Lipinski definition) is 7. The van der Waals surface area contributed by atoms with Gasteiger partial charge in [-0.05, 0) is 51.0 Å². The Morgan fingerprint density at radius 3 is 2.34 bits per heavy atom. The number of rotatable bonds is 11. The van der Waals surface area contributed by atoms with Crippen LogP contribution in [0, 0.1) is 13.8 Å². The number of ether oxygens (including phenoxy) is 4. The van der Waals surface area contributed by atoms with Gasteiger partial charge in [-0.1, -0.05) is 39.0 Å². The minimum absolute atomic E-state index is 0.0497. The molecule has 3 amide bonds. The van der Waals surface area contributed by atoms with Crippen LogP contribution in [-0.2, 0) is 40.5 Å². The predicted octanol–water partition coefficient (Wildman–Crippen LogP) is 2.89.